The molecule has 1 aliphatic heterocycles. The average molecular weight is 451 g/mol. The van der Waals surface area contributed by atoms with Gasteiger partial charge in [0.1, 0.15) is 11.6 Å². The first kappa shape index (κ1) is 21.0. The number of hydrogen-bond donors (Lipinski definition) is 0. The van der Waals surface area contributed by atoms with Crippen LogP contribution in [0.5, 0.6) is 5.75 Å². The van der Waals surface area contributed by atoms with Crippen molar-refractivity contribution >= 4 is 12.2 Å². The third-order valence-electron chi connectivity index (χ3n) is 5.68. The lowest BCUT2D eigenvalue weighted by molar-refractivity contribution is 0.413. The van der Waals surface area contributed by atoms with E-state index in [1.54, 1.807) is 24.2 Å². The van der Waals surface area contributed by atoms with Crippen LogP contribution in [0, 0.1) is 24.4 Å². The molecule has 0 spiro atoms. The summed E-state index contributed by atoms with van der Waals surface area (Å²) in [6, 6.07) is 7.84. The first-order chi connectivity index (χ1) is 15.9. The Balaban J connectivity index is 1.39. The summed E-state index contributed by atoms with van der Waals surface area (Å²) < 4.78 is 49.9. The quantitative estimate of drug-likeness (QED) is 0.405. The van der Waals surface area contributed by atoms with Crippen LogP contribution in [0.2, 0.25) is 0 Å². The van der Waals surface area contributed by atoms with Crippen LogP contribution < -0.4 is 4.74 Å². The minimum atomic E-state index is -1.47. The summed E-state index contributed by atoms with van der Waals surface area (Å²) in [7, 11) is 1.61. The van der Waals surface area contributed by atoms with Gasteiger partial charge in [-0.3, -0.25) is 0 Å². The van der Waals surface area contributed by atoms with Crippen molar-refractivity contribution in [2.24, 2.45) is 0 Å². The van der Waals surface area contributed by atoms with Crippen molar-refractivity contribution in [3.05, 3.63) is 88.8 Å². The molecular weight excluding hydrogens is 431 g/mol. The fourth-order valence-corrected chi connectivity index (χ4v) is 4.07. The highest BCUT2D eigenvalue weighted by atomic mass is 19.2. The summed E-state index contributed by atoms with van der Waals surface area (Å²) in [5.41, 5.74) is 3.02. The van der Waals surface area contributed by atoms with Crippen LogP contribution in [0.25, 0.3) is 17.8 Å². The molecule has 0 radical (unpaired) electrons. The number of aryl methyl sites for hydroxylation is 2. The van der Waals surface area contributed by atoms with Gasteiger partial charge in [0, 0.05) is 18.7 Å². The average Bonchev–Trinajstić information content (AvgIpc) is 3.51. The van der Waals surface area contributed by atoms with E-state index in [2.05, 4.69) is 15.1 Å². The van der Waals surface area contributed by atoms with Crippen LogP contribution in [-0.4, -0.2) is 31.4 Å². The summed E-state index contributed by atoms with van der Waals surface area (Å²) >= 11 is 0. The Morgan fingerprint density at radius 3 is 2.58 bits per heavy atom. The van der Waals surface area contributed by atoms with E-state index in [9.17, 15) is 13.2 Å². The van der Waals surface area contributed by atoms with Gasteiger partial charge in [-0.15, -0.1) is 0 Å². The molecule has 5 rings (SSSR count). The van der Waals surface area contributed by atoms with Crippen LogP contribution in [0.3, 0.4) is 0 Å². The third-order valence-corrected chi connectivity index (χ3v) is 5.68. The summed E-state index contributed by atoms with van der Waals surface area (Å²) in [6.45, 7) is 2.48. The molecule has 0 saturated heterocycles. The predicted octanol–water partition coefficient (Wildman–Crippen LogP) is 4.90. The Labute approximate surface area is 188 Å². The molecule has 3 heterocycles. The standard InChI is InChI=1S/C24H20F3N5O/c1-14-12-31(13-28-14)20-5-3-15(9-21(20)33-2)4-6-22-29-24-17(7-8-32(24)30-22)16-10-18(25)23(27)19(26)11-16/h3-6,9-13,17H,7-8H2,1-2H3/t17-/m1/s1. The van der Waals surface area contributed by atoms with Crippen molar-refractivity contribution in [1.29, 1.82) is 0 Å². The number of ether oxygens (including phenoxy) is 1. The molecule has 0 unspecified atom stereocenters. The monoisotopic (exact) mass is 451 g/mol. The fourth-order valence-electron chi connectivity index (χ4n) is 4.07. The van der Waals surface area contributed by atoms with E-state index in [-0.39, 0.29) is 5.92 Å². The van der Waals surface area contributed by atoms with E-state index < -0.39 is 17.5 Å². The first-order valence-electron chi connectivity index (χ1n) is 10.4. The lowest BCUT2D eigenvalue weighted by Gasteiger charge is -2.10. The second-order valence-corrected chi connectivity index (χ2v) is 7.88. The molecule has 4 aromatic rings. The molecule has 33 heavy (non-hydrogen) atoms. The lowest BCUT2D eigenvalue weighted by atomic mass is 9.97. The number of aromatic nitrogens is 5. The van der Waals surface area contributed by atoms with E-state index in [0.29, 0.717) is 35.9 Å². The van der Waals surface area contributed by atoms with Crippen molar-refractivity contribution in [2.75, 3.05) is 7.11 Å². The van der Waals surface area contributed by atoms with Crippen LogP contribution in [0.1, 0.15) is 40.8 Å². The smallest absolute Gasteiger partial charge is 0.194 e. The van der Waals surface area contributed by atoms with Crippen LogP contribution in [0.4, 0.5) is 13.2 Å². The van der Waals surface area contributed by atoms with Crippen molar-refractivity contribution in [3.8, 4) is 11.4 Å². The zero-order chi connectivity index (χ0) is 23.1. The van der Waals surface area contributed by atoms with Crippen LogP contribution in [-0.2, 0) is 6.54 Å². The fraction of sp³-hybridized carbons (Fsp3) is 0.208. The Kier molecular flexibility index (Phi) is 5.24. The molecule has 0 aliphatic carbocycles. The summed E-state index contributed by atoms with van der Waals surface area (Å²) in [5, 5.41) is 4.47. The Morgan fingerprint density at radius 1 is 1.09 bits per heavy atom. The number of rotatable bonds is 5. The first-order valence-corrected chi connectivity index (χ1v) is 10.4. The van der Waals surface area contributed by atoms with Crippen LogP contribution in [0.15, 0.2) is 42.9 Å². The Morgan fingerprint density at radius 2 is 1.88 bits per heavy atom. The third kappa shape index (κ3) is 3.90. The maximum absolute atomic E-state index is 13.7. The molecule has 0 saturated carbocycles. The molecular formula is C24H20F3N5O. The van der Waals surface area contributed by atoms with Gasteiger partial charge in [0.05, 0.1) is 24.8 Å². The molecule has 168 valence electrons. The predicted molar refractivity (Wildman–Crippen MR) is 117 cm³/mol. The zero-order valence-corrected chi connectivity index (χ0v) is 18.0. The van der Waals surface area contributed by atoms with E-state index in [1.807, 2.05) is 42.0 Å². The number of hydrogen-bond acceptors (Lipinski definition) is 4. The minimum absolute atomic E-state index is 0.345. The van der Waals surface area contributed by atoms with Gasteiger partial charge in [0.2, 0.25) is 0 Å². The molecule has 6 nitrogen and oxygen atoms in total. The van der Waals surface area contributed by atoms with E-state index in [1.165, 1.54) is 0 Å². The van der Waals surface area contributed by atoms with Gasteiger partial charge in [-0.25, -0.2) is 27.8 Å². The molecule has 0 bridgehead atoms. The van der Waals surface area contributed by atoms with Gasteiger partial charge >= 0.3 is 0 Å². The van der Waals surface area contributed by atoms with Crippen molar-refractivity contribution < 1.29 is 17.9 Å². The highest BCUT2D eigenvalue weighted by Crippen LogP contribution is 2.34. The second-order valence-electron chi connectivity index (χ2n) is 7.88. The zero-order valence-electron chi connectivity index (χ0n) is 18.0. The highest BCUT2D eigenvalue weighted by molar-refractivity contribution is 5.69. The number of nitrogens with zero attached hydrogens (tertiary/aromatic N) is 5. The van der Waals surface area contributed by atoms with E-state index in [4.69, 9.17) is 4.74 Å². The molecule has 2 aromatic heterocycles. The maximum atomic E-state index is 13.7. The molecule has 1 atom stereocenters. The van der Waals surface area contributed by atoms with Gasteiger partial charge in [-0.05, 0) is 54.8 Å². The topological polar surface area (TPSA) is 57.8 Å². The lowest BCUT2D eigenvalue weighted by Crippen LogP contribution is -2.02. The Bertz CT molecular complexity index is 1350. The van der Waals surface area contributed by atoms with Crippen molar-refractivity contribution in [3.63, 3.8) is 0 Å². The molecule has 9 heteroatoms. The number of imidazole rings is 1. The van der Waals surface area contributed by atoms with E-state index >= 15 is 0 Å². The summed E-state index contributed by atoms with van der Waals surface area (Å²) in [4.78, 5) is 8.79. The molecule has 0 fully saturated rings. The molecule has 2 aromatic carbocycles. The summed E-state index contributed by atoms with van der Waals surface area (Å²) in [6.07, 6.45) is 7.87. The molecule has 0 N–H and O–H groups in total. The van der Waals surface area contributed by atoms with Gasteiger partial charge in [-0.2, -0.15) is 5.10 Å². The van der Waals surface area contributed by atoms with Crippen LogP contribution >= 0.6 is 0 Å². The largest absolute Gasteiger partial charge is 0.495 e. The van der Waals surface area contributed by atoms with Crippen molar-refractivity contribution in [1.82, 2.24) is 24.3 Å². The van der Waals surface area contributed by atoms with E-state index in [0.717, 1.165) is 29.1 Å². The van der Waals surface area contributed by atoms with Gasteiger partial charge in [0.15, 0.2) is 23.3 Å². The Hall–Kier alpha value is -3.88. The minimum Gasteiger partial charge on any atom is -0.495 e. The molecule has 0 amide bonds. The van der Waals surface area contributed by atoms with Gasteiger partial charge < -0.3 is 9.30 Å². The van der Waals surface area contributed by atoms with Gasteiger partial charge in [-0.1, -0.05) is 12.1 Å². The van der Waals surface area contributed by atoms with Gasteiger partial charge in [0.25, 0.3) is 0 Å². The molecule has 1 aliphatic rings. The van der Waals surface area contributed by atoms with Crippen molar-refractivity contribution in [2.45, 2.75) is 25.8 Å². The maximum Gasteiger partial charge on any atom is 0.194 e. The number of benzene rings is 2. The second kappa shape index (κ2) is 8.23. The number of fused-ring (bicyclic) bond motifs is 1. The SMILES string of the molecule is COc1cc(C=Cc2nc3n(n2)CC[C@@H]3c2cc(F)c(F)c(F)c2)ccc1-n1cnc(C)c1. The summed E-state index contributed by atoms with van der Waals surface area (Å²) in [5.74, 6) is -2.45. The normalized spacial score (nSPS) is 15.4. The number of halogens is 3. The highest BCUT2D eigenvalue weighted by Gasteiger charge is 2.29. The number of methoxy groups -OCH3 is 1.